The Morgan fingerprint density at radius 3 is 2.77 bits per heavy atom. The topological polar surface area (TPSA) is 40.5 Å². The molecule has 0 aliphatic carbocycles. The predicted octanol–water partition coefficient (Wildman–Crippen LogP) is 1.87. The van der Waals surface area contributed by atoms with Crippen LogP contribution in [0, 0.1) is 0 Å². The molecule has 13 heavy (non-hydrogen) atoms. The molecule has 1 aromatic carbocycles. The van der Waals surface area contributed by atoms with Gasteiger partial charge >= 0.3 is 0 Å². The Balaban J connectivity index is 2.58. The lowest BCUT2D eigenvalue weighted by molar-refractivity contribution is 0.298. The van der Waals surface area contributed by atoms with Crippen molar-refractivity contribution in [3.8, 4) is 5.75 Å². The zero-order valence-corrected chi connectivity index (χ0v) is 7.53. The summed E-state index contributed by atoms with van der Waals surface area (Å²) in [6.45, 7) is 3.96. The van der Waals surface area contributed by atoms with E-state index in [0.717, 1.165) is 17.6 Å². The van der Waals surface area contributed by atoms with Gasteiger partial charge in [0.25, 0.3) is 0 Å². The minimum atomic E-state index is 0.137. The van der Waals surface area contributed by atoms with Gasteiger partial charge in [-0.05, 0) is 30.5 Å². The predicted molar refractivity (Wildman–Crippen MR) is 52.7 cm³/mol. The summed E-state index contributed by atoms with van der Waals surface area (Å²) in [5, 5.41) is 17.8. The van der Waals surface area contributed by atoms with Crippen LogP contribution in [0.5, 0.6) is 5.75 Å². The molecule has 1 rings (SSSR count). The van der Waals surface area contributed by atoms with Crippen LogP contribution < -0.4 is 0 Å². The molecule has 0 aliphatic rings. The third-order valence-electron chi connectivity index (χ3n) is 1.83. The summed E-state index contributed by atoms with van der Waals surface area (Å²) >= 11 is 0. The third kappa shape index (κ3) is 3.30. The largest absolute Gasteiger partial charge is 0.508 e. The highest BCUT2D eigenvalue weighted by Gasteiger charge is 1.97. The van der Waals surface area contributed by atoms with Gasteiger partial charge in [-0.15, -0.1) is 0 Å². The molecule has 70 valence electrons. The number of hydrogen-bond acceptors (Lipinski definition) is 2. The molecule has 0 atom stereocenters. The Hall–Kier alpha value is -1.28. The fourth-order valence-corrected chi connectivity index (χ4v) is 1.20. The van der Waals surface area contributed by atoms with Crippen molar-refractivity contribution in [1.82, 2.24) is 0 Å². The van der Waals surface area contributed by atoms with Crippen LogP contribution >= 0.6 is 0 Å². The molecular weight excluding hydrogens is 164 g/mol. The summed E-state index contributed by atoms with van der Waals surface area (Å²) in [5.74, 6) is 0.272. The zero-order valence-electron chi connectivity index (χ0n) is 7.53. The van der Waals surface area contributed by atoms with E-state index in [1.54, 1.807) is 18.2 Å². The summed E-state index contributed by atoms with van der Waals surface area (Å²) in [6, 6.07) is 7.08. The number of phenols is 1. The van der Waals surface area contributed by atoms with Crippen LogP contribution in [0.1, 0.15) is 12.0 Å². The van der Waals surface area contributed by atoms with Gasteiger partial charge in [-0.1, -0.05) is 24.3 Å². The maximum atomic E-state index is 9.18. The molecule has 2 N–H and O–H groups in total. The number of phenolic OH excluding ortho intramolecular Hbond substituents is 1. The molecule has 0 saturated heterocycles. The van der Waals surface area contributed by atoms with Gasteiger partial charge in [0.05, 0.1) is 0 Å². The first-order valence-electron chi connectivity index (χ1n) is 4.28. The second-order valence-corrected chi connectivity index (χ2v) is 3.07. The smallest absolute Gasteiger partial charge is 0.115 e. The second kappa shape index (κ2) is 4.67. The summed E-state index contributed by atoms with van der Waals surface area (Å²) in [4.78, 5) is 0. The Labute approximate surface area is 78.2 Å². The van der Waals surface area contributed by atoms with Crippen LogP contribution in [0.15, 0.2) is 36.4 Å². The molecule has 0 unspecified atom stereocenters. The number of benzene rings is 1. The van der Waals surface area contributed by atoms with Crippen LogP contribution in [-0.2, 0) is 6.42 Å². The Kier molecular flexibility index (Phi) is 3.53. The van der Waals surface area contributed by atoms with Gasteiger partial charge in [0.2, 0.25) is 0 Å². The molecule has 2 nitrogen and oxygen atoms in total. The van der Waals surface area contributed by atoms with Gasteiger partial charge in [-0.25, -0.2) is 0 Å². The van der Waals surface area contributed by atoms with Crippen molar-refractivity contribution >= 4 is 0 Å². The molecule has 1 aromatic rings. The monoisotopic (exact) mass is 178 g/mol. The molecule has 0 fully saturated rings. The van der Waals surface area contributed by atoms with Crippen molar-refractivity contribution in [1.29, 1.82) is 0 Å². The van der Waals surface area contributed by atoms with Gasteiger partial charge in [-0.3, -0.25) is 0 Å². The van der Waals surface area contributed by atoms with E-state index in [2.05, 4.69) is 6.58 Å². The van der Waals surface area contributed by atoms with E-state index in [0.29, 0.717) is 6.42 Å². The molecule has 0 amide bonds. The second-order valence-electron chi connectivity index (χ2n) is 3.07. The van der Waals surface area contributed by atoms with Crippen LogP contribution in [0.3, 0.4) is 0 Å². The first kappa shape index (κ1) is 9.81. The molecule has 0 aliphatic heterocycles. The van der Waals surface area contributed by atoms with Gasteiger partial charge in [0.15, 0.2) is 0 Å². The van der Waals surface area contributed by atoms with E-state index in [4.69, 9.17) is 5.11 Å². The van der Waals surface area contributed by atoms with Gasteiger partial charge in [0.1, 0.15) is 5.75 Å². The Bertz CT molecular complexity index is 292. The minimum absolute atomic E-state index is 0.137. The van der Waals surface area contributed by atoms with Gasteiger partial charge in [0, 0.05) is 6.61 Å². The Morgan fingerprint density at radius 1 is 1.38 bits per heavy atom. The number of aliphatic hydroxyl groups excluding tert-OH is 1. The highest BCUT2D eigenvalue weighted by atomic mass is 16.3. The first-order chi connectivity index (χ1) is 6.22. The number of aliphatic hydroxyl groups is 1. The molecular formula is C11H14O2. The van der Waals surface area contributed by atoms with E-state index in [-0.39, 0.29) is 12.4 Å². The highest BCUT2D eigenvalue weighted by Crippen LogP contribution is 2.14. The van der Waals surface area contributed by atoms with Crippen LogP contribution in [0.2, 0.25) is 0 Å². The van der Waals surface area contributed by atoms with Crippen molar-refractivity contribution in [2.75, 3.05) is 6.61 Å². The summed E-state index contributed by atoms with van der Waals surface area (Å²) in [5.41, 5.74) is 2.01. The van der Waals surface area contributed by atoms with E-state index in [1.807, 2.05) is 6.07 Å². The normalized spacial score (nSPS) is 9.92. The van der Waals surface area contributed by atoms with E-state index in [9.17, 15) is 5.11 Å². The molecule has 0 aromatic heterocycles. The first-order valence-corrected chi connectivity index (χ1v) is 4.28. The standard InChI is InChI=1S/C11H14O2/c1-9(5-6-12)7-10-3-2-4-11(13)8-10/h2-4,8,12-13H,1,5-7H2. The average molecular weight is 178 g/mol. The molecule has 0 radical (unpaired) electrons. The molecule has 0 bridgehead atoms. The average Bonchev–Trinajstić information content (AvgIpc) is 2.04. The zero-order chi connectivity index (χ0) is 9.68. The molecule has 0 saturated carbocycles. The summed E-state index contributed by atoms with van der Waals surface area (Å²) in [7, 11) is 0. The van der Waals surface area contributed by atoms with Gasteiger partial charge < -0.3 is 10.2 Å². The maximum absolute atomic E-state index is 9.18. The van der Waals surface area contributed by atoms with E-state index < -0.39 is 0 Å². The van der Waals surface area contributed by atoms with E-state index in [1.165, 1.54) is 0 Å². The molecule has 0 spiro atoms. The lowest BCUT2D eigenvalue weighted by Crippen LogP contribution is -1.92. The Morgan fingerprint density at radius 2 is 2.15 bits per heavy atom. The maximum Gasteiger partial charge on any atom is 0.115 e. The van der Waals surface area contributed by atoms with Gasteiger partial charge in [-0.2, -0.15) is 0 Å². The summed E-state index contributed by atoms with van der Waals surface area (Å²) in [6.07, 6.45) is 1.34. The lowest BCUT2D eigenvalue weighted by Gasteiger charge is -2.03. The van der Waals surface area contributed by atoms with Crippen molar-refractivity contribution in [3.63, 3.8) is 0 Å². The molecule has 2 heteroatoms. The lowest BCUT2D eigenvalue weighted by atomic mass is 10.0. The highest BCUT2D eigenvalue weighted by molar-refractivity contribution is 5.29. The van der Waals surface area contributed by atoms with Crippen LogP contribution in [-0.4, -0.2) is 16.8 Å². The fraction of sp³-hybridized carbons (Fsp3) is 0.273. The summed E-state index contributed by atoms with van der Waals surface area (Å²) < 4.78 is 0. The van der Waals surface area contributed by atoms with Crippen molar-refractivity contribution in [2.45, 2.75) is 12.8 Å². The van der Waals surface area contributed by atoms with Crippen LogP contribution in [0.25, 0.3) is 0 Å². The third-order valence-corrected chi connectivity index (χ3v) is 1.83. The molecule has 0 heterocycles. The SMILES string of the molecule is C=C(CCO)Cc1cccc(O)c1. The van der Waals surface area contributed by atoms with Crippen molar-refractivity contribution in [2.24, 2.45) is 0 Å². The van der Waals surface area contributed by atoms with Crippen molar-refractivity contribution in [3.05, 3.63) is 42.0 Å². The number of rotatable bonds is 4. The van der Waals surface area contributed by atoms with Crippen molar-refractivity contribution < 1.29 is 10.2 Å². The van der Waals surface area contributed by atoms with Crippen LogP contribution in [0.4, 0.5) is 0 Å². The number of hydrogen-bond donors (Lipinski definition) is 2. The number of aromatic hydroxyl groups is 1. The van der Waals surface area contributed by atoms with E-state index >= 15 is 0 Å². The quantitative estimate of drug-likeness (QED) is 0.691. The fourth-order valence-electron chi connectivity index (χ4n) is 1.20. The minimum Gasteiger partial charge on any atom is -0.508 e.